The summed E-state index contributed by atoms with van der Waals surface area (Å²) in [6.45, 7) is 6.38. The number of thiocarbonyl (C=S) groups is 1. The number of anilines is 1. The lowest BCUT2D eigenvalue weighted by atomic mass is 10.00. The van der Waals surface area contributed by atoms with Crippen LogP contribution in [0.1, 0.15) is 40.2 Å². The average Bonchev–Trinajstić information content (AvgIpc) is 3.38. The first-order chi connectivity index (χ1) is 15.5. The third kappa shape index (κ3) is 3.69. The van der Waals surface area contributed by atoms with Gasteiger partial charge in [0.1, 0.15) is 6.04 Å². The fourth-order valence-electron chi connectivity index (χ4n) is 4.67. The Morgan fingerprint density at radius 1 is 0.812 bits per heavy atom. The van der Waals surface area contributed by atoms with E-state index in [9.17, 15) is 0 Å². The van der Waals surface area contributed by atoms with Gasteiger partial charge in [0.25, 0.3) is 0 Å². The van der Waals surface area contributed by atoms with Crippen LogP contribution in [0.2, 0.25) is 0 Å². The molecule has 2 aromatic carbocycles. The third-order valence-corrected chi connectivity index (χ3v) is 6.26. The minimum absolute atomic E-state index is 0.0471. The molecule has 0 aliphatic carbocycles. The molecule has 5 heteroatoms. The monoisotopic (exact) mass is 438 g/mol. The number of benzene rings is 2. The first-order valence-electron chi connectivity index (χ1n) is 10.8. The van der Waals surface area contributed by atoms with Crippen molar-refractivity contribution in [3.05, 3.63) is 113 Å². The molecule has 0 spiro atoms. The Balaban J connectivity index is 1.69. The van der Waals surface area contributed by atoms with E-state index in [1.54, 1.807) is 0 Å². The van der Waals surface area contributed by atoms with Crippen LogP contribution in [0.25, 0.3) is 5.69 Å². The normalized spacial score (nSPS) is 18.1. The molecule has 1 saturated heterocycles. The van der Waals surface area contributed by atoms with Crippen molar-refractivity contribution < 1.29 is 0 Å². The van der Waals surface area contributed by atoms with Gasteiger partial charge in [0.2, 0.25) is 0 Å². The highest BCUT2D eigenvalue weighted by molar-refractivity contribution is 7.80. The summed E-state index contributed by atoms with van der Waals surface area (Å²) in [5.41, 5.74) is 8.05. The molecule has 32 heavy (non-hydrogen) atoms. The lowest BCUT2D eigenvalue weighted by Gasteiger charge is -2.29. The van der Waals surface area contributed by atoms with E-state index in [2.05, 4.69) is 107 Å². The average molecular weight is 439 g/mol. The van der Waals surface area contributed by atoms with E-state index in [1.807, 2.05) is 18.3 Å². The van der Waals surface area contributed by atoms with Crippen LogP contribution < -0.4 is 10.2 Å². The lowest BCUT2D eigenvalue weighted by molar-refractivity contribution is 0.549. The lowest BCUT2D eigenvalue weighted by Crippen LogP contribution is -2.30. The molecule has 2 atom stereocenters. The number of aryl methyl sites for hydroxylation is 3. The standard InChI is InChI=1S/C27H26N4S/c1-18-8-6-9-21(15-18)30-13-7-11-24(30)26-25(23-10-4-5-12-28-23)29-27(32)31(26)22-16-19(2)14-20(3)17-22/h4-17,25-26H,1-3H3,(H,29,32)/t25-,26+/m0/s1. The van der Waals surface area contributed by atoms with Gasteiger partial charge in [-0.15, -0.1) is 0 Å². The van der Waals surface area contributed by atoms with Gasteiger partial charge in [0.05, 0.1) is 11.7 Å². The number of hydrogen-bond donors (Lipinski definition) is 1. The zero-order chi connectivity index (χ0) is 22.2. The fourth-order valence-corrected chi connectivity index (χ4v) is 5.02. The predicted molar refractivity (Wildman–Crippen MR) is 134 cm³/mol. The van der Waals surface area contributed by atoms with Crippen molar-refractivity contribution >= 4 is 23.0 Å². The van der Waals surface area contributed by atoms with E-state index in [4.69, 9.17) is 12.2 Å². The molecule has 4 nitrogen and oxygen atoms in total. The van der Waals surface area contributed by atoms with Crippen LogP contribution >= 0.6 is 12.2 Å². The van der Waals surface area contributed by atoms with E-state index in [0.29, 0.717) is 5.11 Å². The quantitative estimate of drug-likeness (QED) is 0.398. The van der Waals surface area contributed by atoms with Crippen LogP contribution in [0.4, 0.5) is 5.69 Å². The van der Waals surface area contributed by atoms with Gasteiger partial charge < -0.3 is 14.8 Å². The van der Waals surface area contributed by atoms with Gasteiger partial charge in [-0.05, 0) is 98.2 Å². The summed E-state index contributed by atoms with van der Waals surface area (Å²) in [7, 11) is 0. The molecule has 2 aromatic heterocycles. The highest BCUT2D eigenvalue weighted by Crippen LogP contribution is 2.42. The Labute approximate surface area is 194 Å². The Morgan fingerprint density at radius 2 is 1.59 bits per heavy atom. The number of aromatic nitrogens is 2. The first-order valence-corrected chi connectivity index (χ1v) is 11.3. The van der Waals surface area contributed by atoms with Crippen LogP contribution in [0, 0.1) is 20.8 Å². The molecular formula is C27H26N4S. The summed E-state index contributed by atoms with van der Waals surface area (Å²) < 4.78 is 2.26. The Bertz CT molecular complexity index is 1260. The molecule has 5 rings (SSSR count). The molecule has 0 saturated carbocycles. The van der Waals surface area contributed by atoms with Gasteiger partial charge in [0, 0.05) is 29.5 Å². The van der Waals surface area contributed by atoms with Crippen LogP contribution in [0.5, 0.6) is 0 Å². The molecule has 4 aromatic rings. The Kier molecular flexibility index (Phi) is 5.27. The van der Waals surface area contributed by atoms with Gasteiger partial charge >= 0.3 is 0 Å². The number of rotatable bonds is 4. The van der Waals surface area contributed by atoms with Gasteiger partial charge in [-0.2, -0.15) is 0 Å². The number of hydrogen-bond acceptors (Lipinski definition) is 2. The zero-order valence-electron chi connectivity index (χ0n) is 18.5. The van der Waals surface area contributed by atoms with Crippen LogP contribution in [-0.2, 0) is 0 Å². The highest BCUT2D eigenvalue weighted by atomic mass is 32.1. The van der Waals surface area contributed by atoms with Crippen molar-refractivity contribution in [1.82, 2.24) is 14.9 Å². The van der Waals surface area contributed by atoms with Gasteiger partial charge in [-0.1, -0.05) is 24.3 Å². The number of nitrogens with one attached hydrogen (secondary N) is 1. The predicted octanol–water partition coefficient (Wildman–Crippen LogP) is 5.97. The van der Waals surface area contributed by atoms with Crippen molar-refractivity contribution in [2.45, 2.75) is 32.9 Å². The van der Waals surface area contributed by atoms with Gasteiger partial charge in [-0.3, -0.25) is 4.98 Å². The van der Waals surface area contributed by atoms with E-state index in [1.165, 1.54) is 16.7 Å². The summed E-state index contributed by atoms with van der Waals surface area (Å²) in [4.78, 5) is 6.92. The second-order valence-electron chi connectivity index (χ2n) is 8.48. The summed E-state index contributed by atoms with van der Waals surface area (Å²) in [5, 5.41) is 4.28. The molecule has 3 heterocycles. The fraction of sp³-hybridized carbons (Fsp3) is 0.185. The van der Waals surface area contributed by atoms with Gasteiger partial charge in [0.15, 0.2) is 5.11 Å². The molecule has 1 N–H and O–H groups in total. The van der Waals surface area contributed by atoms with E-state index >= 15 is 0 Å². The van der Waals surface area contributed by atoms with E-state index < -0.39 is 0 Å². The summed E-state index contributed by atoms with van der Waals surface area (Å²) >= 11 is 5.90. The van der Waals surface area contributed by atoms with Crippen molar-refractivity contribution in [2.75, 3.05) is 4.90 Å². The van der Waals surface area contributed by atoms with Gasteiger partial charge in [-0.25, -0.2) is 0 Å². The second-order valence-corrected chi connectivity index (χ2v) is 8.87. The molecule has 160 valence electrons. The van der Waals surface area contributed by atoms with Crippen molar-refractivity contribution in [3.8, 4) is 5.69 Å². The Hall–Kier alpha value is -3.44. The molecule has 0 unspecified atom stereocenters. The minimum atomic E-state index is -0.0667. The third-order valence-electron chi connectivity index (χ3n) is 5.95. The molecule has 0 bridgehead atoms. The topological polar surface area (TPSA) is 33.1 Å². The molecular weight excluding hydrogens is 412 g/mol. The highest BCUT2D eigenvalue weighted by Gasteiger charge is 2.42. The molecule has 0 amide bonds. The van der Waals surface area contributed by atoms with Crippen molar-refractivity contribution in [1.29, 1.82) is 0 Å². The van der Waals surface area contributed by atoms with Crippen molar-refractivity contribution in [2.24, 2.45) is 0 Å². The smallest absolute Gasteiger partial charge is 0.174 e. The van der Waals surface area contributed by atoms with Crippen LogP contribution in [0.15, 0.2) is 85.2 Å². The Morgan fingerprint density at radius 3 is 2.31 bits per heavy atom. The van der Waals surface area contributed by atoms with E-state index in [0.717, 1.165) is 22.8 Å². The summed E-state index contributed by atoms with van der Waals surface area (Å²) in [5.74, 6) is 0. The van der Waals surface area contributed by atoms with Crippen molar-refractivity contribution in [3.63, 3.8) is 0 Å². The van der Waals surface area contributed by atoms with Crippen LogP contribution in [0.3, 0.4) is 0 Å². The second kappa shape index (κ2) is 8.24. The molecule has 0 radical (unpaired) electrons. The minimum Gasteiger partial charge on any atom is -0.351 e. The summed E-state index contributed by atoms with van der Waals surface area (Å²) in [6.07, 6.45) is 3.97. The summed E-state index contributed by atoms with van der Waals surface area (Å²) in [6, 6.07) is 25.4. The maximum Gasteiger partial charge on any atom is 0.174 e. The number of pyridine rings is 1. The molecule has 1 fully saturated rings. The zero-order valence-corrected chi connectivity index (χ0v) is 19.3. The van der Waals surface area contributed by atoms with E-state index in [-0.39, 0.29) is 12.1 Å². The first kappa shape index (κ1) is 20.5. The number of nitrogens with zero attached hydrogens (tertiary/aromatic N) is 3. The maximum absolute atomic E-state index is 5.90. The largest absolute Gasteiger partial charge is 0.351 e. The maximum atomic E-state index is 5.90. The van der Waals surface area contributed by atoms with Crippen LogP contribution in [-0.4, -0.2) is 14.7 Å². The molecule has 1 aliphatic rings. The molecule has 1 aliphatic heterocycles. The SMILES string of the molecule is Cc1cc(C)cc(N2C(=S)N[C@@H](c3ccccn3)[C@H]2c2cccn2-c2cccc(C)c2)c1.